The maximum absolute atomic E-state index is 14.9. The van der Waals surface area contributed by atoms with E-state index in [-0.39, 0.29) is 25.0 Å². The summed E-state index contributed by atoms with van der Waals surface area (Å²) in [5, 5.41) is 0. The van der Waals surface area contributed by atoms with Gasteiger partial charge in [0, 0.05) is 42.3 Å². The van der Waals surface area contributed by atoms with E-state index in [1.807, 2.05) is 44.2 Å². The van der Waals surface area contributed by atoms with Gasteiger partial charge in [-0.25, -0.2) is 9.38 Å². The number of halogens is 1. The number of aliphatic imine (C=N–C) groups is 1. The molecular formula is C25H24FN3O4. The Labute approximate surface area is 191 Å². The minimum atomic E-state index is -0.992. The average molecular weight is 449 g/mol. The van der Waals surface area contributed by atoms with E-state index in [4.69, 9.17) is 24.7 Å². The molecule has 0 bridgehead atoms. The van der Waals surface area contributed by atoms with Crippen LogP contribution in [-0.4, -0.2) is 36.9 Å². The van der Waals surface area contributed by atoms with Crippen LogP contribution in [0, 0.1) is 5.82 Å². The molecule has 0 fully saturated rings. The Balaban J connectivity index is 1.63. The van der Waals surface area contributed by atoms with E-state index in [1.165, 1.54) is 6.07 Å². The summed E-state index contributed by atoms with van der Waals surface area (Å²) >= 11 is 0. The average Bonchev–Trinajstić information content (AvgIpc) is 3.20. The standard InChI is InChI=1S/C25H24FN3O4/c1-24(2,30-3)13-31-22-10-18-21(11-19(22)26)33-20-7-6-15(16-5-4-8-28-12-16)9-17(20)25(18)14-32-23(27)29-25/h4-12H,13-14H2,1-3H3,(H2,27,29)/t25-/m0/s1. The van der Waals surface area contributed by atoms with Crippen molar-refractivity contribution in [1.29, 1.82) is 0 Å². The molecule has 0 aliphatic carbocycles. The number of methoxy groups -OCH3 is 1. The van der Waals surface area contributed by atoms with Crippen molar-refractivity contribution in [3.63, 3.8) is 0 Å². The van der Waals surface area contributed by atoms with Crippen molar-refractivity contribution in [2.45, 2.75) is 25.0 Å². The molecule has 0 radical (unpaired) electrons. The van der Waals surface area contributed by atoms with Crippen LogP contribution in [0.2, 0.25) is 0 Å². The lowest BCUT2D eigenvalue weighted by atomic mass is 9.80. The summed E-state index contributed by atoms with van der Waals surface area (Å²) in [7, 11) is 1.58. The van der Waals surface area contributed by atoms with Gasteiger partial charge < -0.3 is 24.7 Å². The normalized spacial score (nSPS) is 18.7. The van der Waals surface area contributed by atoms with E-state index >= 15 is 0 Å². The van der Waals surface area contributed by atoms with Gasteiger partial charge in [0.25, 0.3) is 6.02 Å². The molecule has 170 valence electrons. The number of nitrogens with zero attached hydrogens (tertiary/aromatic N) is 2. The number of aromatic nitrogens is 1. The van der Waals surface area contributed by atoms with Crippen molar-refractivity contribution in [3.05, 3.63) is 71.8 Å². The number of pyridine rings is 1. The zero-order valence-corrected chi connectivity index (χ0v) is 18.6. The van der Waals surface area contributed by atoms with E-state index in [0.717, 1.165) is 16.7 Å². The number of nitrogens with two attached hydrogens (primary N) is 1. The number of fused-ring (bicyclic) bond motifs is 4. The minimum absolute atomic E-state index is 0.0629. The molecule has 2 N–H and O–H groups in total. The van der Waals surface area contributed by atoms with Crippen molar-refractivity contribution < 1.29 is 23.3 Å². The summed E-state index contributed by atoms with van der Waals surface area (Å²) in [4.78, 5) is 8.87. The van der Waals surface area contributed by atoms with E-state index in [9.17, 15) is 4.39 Å². The second kappa shape index (κ2) is 7.74. The van der Waals surface area contributed by atoms with Crippen LogP contribution in [0.4, 0.5) is 4.39 Å². The molecule has 0 amide bonds. The Hall–Kier alpha value is -3.65. The molecule has 1 spiro atoms. The fourth-order valence-corrected chi connectivity index (χ4v) is 3.99. The van der Waals surface area contributed by atoms with Crippen molar-refractivity contribution in [2.75, 3.05) is 20.3 Å². The summed E-state index contributed by atoms with van der Waals surface area (Å²) in [5.74, 6) is 0.441. The number of hydrogen-bond donors (Lipinski definition) is 1. The molecule has 0 saturated carbocycles. The molecule has 2 aliphatic heterocycles. The number of amidine groups is 1. The van der Waals surface area contributed by atoms with E-state index in [0.29, 0.717) is 17.1 Å². The Morgan fingerprint density at radius 2 is 1.94 bits per heavy atom. The second-order valence-electron chi connectivity index (χ2n) is 8.68. The van der Waals surface area contributed by atoms with Gasteiger partial charge in [-0.3, -0.25) is 4.98 Å². The highest BCUT2D eigenvalue weighted by Gasteiger charge is 2.47. The van der Waals surface area contributed by atoms with Crippen LogP contribution in [0.5, 0.6) is 17.2 Å². The van der Waals surface area contributed by atoms with Crippen LogP contribution in [0.25, 0.3) is 11.1 Å². The zero-order valence-electron chi connectivity index (χ0n) is 18.6. The maximum atomic E-state index is 14.9. The first-order valence-corrected chi connectivity index (χ1v) is 10.5. The second-order valence-corrected chi connectivity index (χ2v) is 8.68. The van der Waals surface area contributed by atoms with Crippen molar-refractivity contribution in [1.82, 2.24) is 4.98 Å². The zero-order chi connectivity index (χ0) is 23.2. The van der Waals surface area contributed by atoms with E-state index in [1.54, 1.807) is 25.6 Å². The van der Waals surface area contributed by atoms with Crippen LogP contribution in [0.3, 0.4) is 0 Å². The number of rotatable bonds is 5. The summed E-state index contributed by atoms with van der Waals surface area (Å²) in [6.45, 7) is 4.05. The molecule has 0 saturated heterocycles. The summed E-state index contributed by atoms with van der Waals surface area (Å²) < 4.78 is 37.8. The number of benzene rings is 2. The molecule has 2 aromatic carbocycles. The quantitative estimate of drug-likeness (QED) is 0.622. The molecule has 1 atom stereocenters. The number of hydrogen-bond acceptors (Lipinski definition) is 7. The molecule has 3 heterocycles. The van der Waals surface area contributed by atoms with Crippen LogP contribution >= 0.6 is 0 Å². The highest BCUT2D eigenvalue weighted by atomic mass is 19.1. The van der Waals surface area contributed by atoms with Gasteiger partial charge in [-0.2, -0.15) is 0 Å². The Morgan fingerprint density at radius 3 is 2.64 bits per heavy atom. The minimum Gasteiger partial charge on any atom is -0.488 e. The smallest absolute Gasteiger partial charge is 0.283 e. The molecule has 0 unspecified atom stereocenters. The van der Waals surface area contributed by atoms with Crippen LogP contribution in [-0.2, 0) is 15.0 Å². The van der Waals surface area contributed by atoms with Crippen LogP contribution in [0.15, 0.2) is 59.9 Å². The largest absolute Gasteiger partial charge is 0.488 e. The Bertz CT molecular complexity index is 1250. The van der Waals surface area contributed by atoms with Gasteiger partial charge in [0.05, 0.1) is 5.60 Å². The first kappa shape index (κ1) is 21.2. The lowest BCUT2D eigenvalue weighted by Crippen LogP contribution is -2.32. The lowest BCUT2D eigenvalue weighted by molar-refractivity contribution is -0.0155. The predicted molar refractivity (Wildman–Crippen MR) is 121 cm³/mol. The lowest BCUT2D eigenvalue weighted by Gasteiger charge is -2.34. The molecular weight excluding hydrogens is 425 g/mol. The van der Waals surface area contributed by atoms with Crippen LogP contribution < -0.4 is 15.2 Å². The predicted octanol–water partition coefficient (Wildman–Crippen LogP) is 4.39. The molecule has 5 rings (SSSR count). The van der Waals surface area contributed by atoms with Crippen molar-refractivity contribution >= 4 is 6.02 Å². The fraction of sp³-hybridized carbons (Fsp3) is 0.280. The molecule has 1 aromatic heterocycles. The first-order chi connectivity index (χ1) is 15.8. The van der Waals surface area contributed by atoms with Gasteiger partial charge in [0.1, 0.15) is 24.7 Å². The van der Waals surface area contributed by atoms with Crippen LogP contribution in [0.1, 0.15) is 25.0 Å². The monoisotopic (exact) mass is 449 g/mol. The maximum Gasteiger partial charge on any atom is 0.283 e. The molecule has 8 heteroatoms. The SMILES string of the molecule is COC(C)(C)COc1cc2c(cc1F)Oc1ccc(-c3cccnc3)cc1[C@@]21COC(N)=N1. The first-order valence-electron chi connectivity index (χ1n) is 10.5. The highest BCUT2D eigenvalue weighted by molar-refractivity contribution is 5.78. The number of ether oxygens (including phenoxy) is 4. The molecule has 3 aromatic rings. The highest BCUT2D eigenvalue weighted by Crippen LogP contribution is 2.52. The third kappa shape index (κ3) is 3.66. The van der Waals surface area contributed by atoms with E-state index < -0.39 is 17.0 Å². The van der Waals surface area contributed by atoms with Gasteiger partial charge >= 0.3 is 0 Å². The van der Waals surface area contributed by atoms with Gasteiger partial charge in [-0.15, -0.1) is 0 Å². The van der Waals surface area contributed by atoms with Gasteiger partial charge in [-0.05, 0) is 43.7 Å². The summed E-state index contributed by atoms with van der Waals surface area (Å²) in [6.07, 6.45) is 3.51. The summed E-state index contributed by atoms with van der Waals surface area (Å²) in [6, 6.07) is 12.6. The topological polar surface area (TPSA) is 88.2 Å². The molecule has 33 heavy (non-hydrogen) atoms. The van der Waals surface area contributed by atoms with Crippen molar-refractivity contribution in [3.8, 4) is 28.4 Å². The molecule has 7 nitrogen and oxygen atoms in total. The van der Waals surface area contributed by atoms with Gasteiger partial charge in [0.15, 0.2) is 17.1 Å². The van der Waals surface area contributed by atoms with Crippen molar-refractivity contribution in [2.24, 2.45) is 10.7 Å². The Kier molecular flexibility index (Phi) is 4.97. The fourth-order valence-electron chi connectivity index (χ4n) is 3.99. The third-order valence-corrected chi connectivity index (χ3v) is 5.98. The summed E-state index contributed by atoms with van der Waals surface area (Å²) in [5.41, 5.74) is 7.66. The third-order valence-electron chi connectivity index (χ3n) is 5.98. The van der Waals surface area contributed by atoms with Gasteiger partial charge in [-0.1, -0.05) is 12.1 Å². The molecule has 2 aliphatic rings. The van der Waals surface area contributed by atoms with E-state index in [2.05, 4.69) is 9.98 Å². The Morgan fingerprint density at radius 1 is 1.12 bits per heavy atom. The van der Waals surface area contributed by atoms with Gasteiger partial charge in [0.2, 0.25) is 0 Å².